The second-order valence-electron chi connectivity index (χ2n) is 5.99. The quantitative estimate of drug-likeness (QED) is 0.751. The smallest absolute Gasteiger partial charge is 0.221 e. The third kappa shape index (κ3) is 2.76. The van der Waals surface area contributed by atoms with E-state index in [9.17, 15) is 4.79 Å². The lowest BCUT2D eigenvalue weighted by molar-refractivity contribution is -0.121. The Morgan fingerprint density at radius 2 is 2.12 bits per heavy atom. The molecule has 1 aliphatic heterocycles. The Labute approximate surface area is 98.4 Å². The van der Waals surface area contributed by atoms with Crippen LogP contribution in [-0.4, -0.2) is 24.5 Å². The third-order valence-corrected chi connectivity index (χ3v) is 4.18. The van der Waals surface area contributed by atoms with Gasteiger partial charge in [-0.25, -0.2) is 0 Å². The number of nitrogens with one attached hydrogen (secondary N) is 2. The maximum atomic E-state index is 11.5. The Bertz CT molecular complexity index is 263. The van der Waals surface area contributed by atoms with Crippen molar-refractivity contribution in [2.75, 3.05) is 6.54 Å². The molecule has 0 aromatic rings. The predicted octanol–water partition coefficient (Wildman–Crippen LogP) is 1.82. The van der Waals surface area contributed by atoms with Crippen molar-refractivity contribution in [2.24, 2.45) is 5.41 Å². The second kappa shape index (κ2) is 4.74. The lowest BCUT2D eigenvalue weighted by Crippen LogP contribution is -2.44. The standard InChI is InChI=1S/C13H24N2O/c1-13(2)7-3-6-11(13)15-10-5-4-8-14-12(16)9-10/h10-11,15H,3-9H2,1-2H3,(H,14,16). The molecular formula is C13H24N2O. The highest BCUT2D eigenvalue weighted by atomic mass is 16.1. The molecule has 0 aromatic carbocycles. The Balaban J connectivity index is 1.90. The zero-order chi connectivity index (χ0) is 11.6. The van der Waals surface area contributed by atoms with Crippen molar-refractivity contribution in [3.63, 3.8) is 0 Å². The van der Waals surface area contributed by atoms with Crippen LogP contribution in [0.2, 0.25) is 0 Å². The van der Waals surface area contributed by atoms with Gasteiger partial charge in [0, 0.05) is 25.0 Å². The first kappa shape index (κ1) is 11.9. The van der Waals surface area contributed by atoms with Crippen LogP contribution in [0.5, 0.6) is 0 Å². The van der Waals surface area contributed by atoms with Crippen molar-refractivity contribution < 1.29 is 4.79 Å². The highest BCUT2D eigenvalue weighted by Gasteiger charge is 2.35. The molecule has 16 heavy (non-hydrogen) atoms. The van der Waals surface area contributed by atoms with Gasteiger partial charge in [-0.1, -0.05) is 20.3 Å². The van der Waals surface area contributed by atoms with E-state index in [0.29, 0.717) is 23.9 Å². The Kier molecular flexibility index (Phi) is 3.53. The molecule has 2 rings (SSSR count). The summed E-state index contributed by atoms with van der Waals surface area (Å²) in [6.45, 7) is 5.54. The van der Waals surface area contributed by atoms with Crippen LogP contribution in [0.4, 0.5) is 0 Å². The van der Waals surface area contributed by atoms with Gasteiger partial charge in [0.1, 0.15) is 0 Å². The van der Waals surface area contributed by atoms with E-state index in [0.717, 1.165) is 19.4 Å². The van der Waals surface area contributed by atoms with Crippen LogP contribution in [0.15, 0.2) is 0 Å². The van der Waals surface area contributed by atoms with Crippen LogP contribution in [0.3, 0.4) is 0 Å². The van der Waals surface area contributed by atoms with E-state index < -0.39 is 0 Å². The maximum Gasteiger partial charge on any atom is 0.221 e. The molecule has 0 bridgehead atoms. The summed E-state index contributed by atoms with van der Waals surface area (Å²) in [5, 5.41) is 6.66. The molecule has 3 heteroatoms. The van der Waals surface area contributed by atoms with Gasteiger partial charge in [-0.2, -0.15) is 0 Å². The van der Waals surface area contributed by atoms with E-state index in [1.54, 1.807) is 0 Å². The molecule has 0 radical (unpaired) electrons. The van der Waals surface area contributed by atoms with Crippen LogP contribution in [-0.2, 0) is 4.79 Å². The molecule has 1 heterocycles. The minimum absolute atomic E-state index is 0.214. The molecule has 1 saturated carbocycles. The molecule has 0 aromatic heterocycles. The van der Waals surface area contributed by atoms with Crippen LogP contribution >= 0.6 is 0 Å². The molecule has 0 spiro atoms. The van der Waals surface area contributed by atoms with Crippen molar-refractivity contribution in [1.82, 2.24) is 10.6 Å². The average Bonchev–Trinajstić information content (AvgIpc) is 2.43. The van der Waals surface area contributed by atoms with E-state index in [1.807, 2.05) is 0 Å². The third-order valence-electron chi connectivity index (χ3n) is 4.18. The summed E-state index contributed by atoms with van der Waals surface area (Å²) in [5.41, 5.74) is 0.406. The molecule has 2 atom stereocenters. The highest BCUT2D eigenvalue weighted by molar-refractivity contribution is 5.76. The molecule has 2 aliphatic rings. The Morgan fingerprint density at radius 1 is 1.31 bits per heavy atom. The van der Waals surface area contributed by atoms with Gasteiger partial charge in [0.2, 0.25) is 5.91 Å². The summed E-state index contributed by atoms with van der Waals surface area (Å²) in [4.78, 5) is 11.5. The average molecular weight is 224 g/mol. The van der Waals surface area contributed by atoms with Crippen LogP contribution in [0.1, 0.15) is 52.4 Å². The topological polar surface area (TPSA) is 41.1 Å². The van der Waals surface area contributed by atoms with E-state index in [2.05, 4.69) is 24.5 Å². The molecule has 1 amide bonds. The number of carbonyl (C=O) groups is 1. The van der Waals surface area contributed by atoms with Gasteiger partial charge in [-0.3, -0.25) is 4.79 Å². The normalized spacial score (nSPS) is 34.5. The Hall–Kier alpha value is -0.570. The molecular weight excluding hydrogens is 200 g/mol. The van der Waals surface area contributed by atoms with Crippen molar-refractivity contribution in [2.45, 2.75) is 64.5 Å². The van der Waals surface area contributed by atoms with Crippen molar-refractivity contribution in [3.8, 4) is 0 Å². The van der Waals surface area contributed by atoms with Gasteiger partial charge in [0.05, 0.1) is 0 Å². The number of rotatable bonds is 2. The summed E-state index contributed by atoms with van der Waals surface area (Å²) < 4.78 is 0. The number of hydrogen-bond acceptors (Lipinski definition) is 2. The highest BCUT2D eigenvalue weighted by Crippen LogP contribution is 2.37. The van der Waals surface area contributed by atoms with Gasteiger partial charge < -0.3 is 10.6 Å². The second-order valence-corrected chi connectivity index (χ2v) is 5.99. The SMILES string of the molecule is CC1(C)CCCC1NC1CCCNC(=O)C1. The number of carbonyl (C=O) groups excluding carboxylic acids is 1. The van der Waals surface area contributed by atoms with E-state index in [1.165, 1.54) is 19.3 Å². The van der Waals surface area contributed by atoms with Crippen molar-refractivity contribution in [1.29, 1.82) is 0 Å². The van der Waals surface area contributed by atoms with Crippen molar-refractivity contribution in [3.05, 3.63) is 0 Å². The van der Waals surface area contributed by atoms with Gasteiger partial charge in [0.15, 0.2) is 0 Å². The number of hydrogen-bond donors (Lipinski definition) is 2. The van der Waals surface area contributed by atoms with Gasteiger partial charge in [-0.15, -0.1) is 0 Å². The first-order chi connectivity index (χ1) is 7.58. The fourth-order valence-corrected chi connectivity index (χ4v) is 3.04. The minimum Gasteiger partial charge on any atom is -0.356 e. The first-order valence-electron chi connectivity index (χ1n) is 6.61. The fourth-order valence-electron chi connectivity index (χ4n) is 3.04. The van der Waals surface area contributed by atoms with Gasteiger partial charge >= 0.3 is 0 Å². The lowest BCUT2D eigenvalue weighted by Gasteiger charge is -2.31. The first-order valence-corrected chi connectivity index (χ1v) is 6.61. The summed E-state index contributed by atoms with van der Waals surface area (Å²) in [6, 6.07) is 0.994. The molecule has 2 N–H and O–H groups in total. The largest absolute Gasteiger partial charge is 0.356 e. The van der Waals surface area contributed by atoms with Crippen molar-refractivity contribution >= 4 is 5.91 Å². The van der Waals surface area contributed by atoms with Gasteiger partial charge in [-0.05, 0) is 31.1 Å². The maximum absolute atomic E-state index is 11.5. The minimum atomic E-state index is 0.214. The Morgan fingerprint density at radius 3 is 2.81 bits per heavy atom. The monoisotopic (exact) mass is 224 g/mol. The summed E-state index contributed by atoms with van der Waals surface area (Å²) in [5.74, 6) is 0.214. The molecule has 1 aliphatic carbocycles. The molecule has 2 fully saturated rings. The van der Waals surface area contributed by atoms with Crippen LogP contribution in [0.25, 0.3) is 0 Å². The van der Waals surface area contributed by atoms with Crippen LogP contribution < -0.4 is 10.6 Å². The fraction of sp³-hybridized carbons (Fsp3) is 0.923. The zero-order valence-corrected chi connectivity index (χ0v) is 10.5. The zero-order valence-electron chi connectivity index (χ0n) is 10.5. The van der Waals surface area contributed by atoms with E-state index in [-0.39, 0.29) is 5.91 Å². The number of amides is 1. The summed E-state index contributed by atoms with van der Waals surface area (Å²) in [6.07, 6.45) is 6.80. The van der Waals surface area contributed by atoms with E-state index in [4.69, 9.17) is 0 Å². The predicted molar refractivity (Wildman–Crippen MR) is 65.2 cm³/mol. The summed E-state index contributed by atoms with van der Waals surface area (Å²) >= 11 is 0. The van der Waals surface area contributed by atoms with E-state index >= 15 is 0 Å². The molecule has 3 nitrogen and oxygen atoms in total. The molecule has 1 saturated heterocycles. The molecule has 92 valence electrons. The summed E-state index contributed by atoms with van der Waals surface area (Å²) in [7, 11) is 0. The molecule has 2 unspecified atom stereocenters. The van der Waals surface area contributed by atoms with Gasteiger partial charge in [0.25, 0.3) is 0 Å². The lowest BCUT2D eigenvalue weighted by atomic mass is 9.86. The van der Waals surface area contributed by atoms with Crippen LogP contribution in [0, 0.1) is 5.41 Å².